The molecule has 0 aliphatic rings. The fourth-order valence-corrected chi connectivity index (χ4v) is 3.60. The van der Waals surface area contributed by atoms with Crippen molar-refractivity contribution < 1.29 is 4.79 Å². The number of imidazole rings is 1. The lowest BCUT2D eigenvalue weighted by atomic mass is 10.1. The SMILES string of the molecule is Cc1ccccc1-c1nnc(NC(=O)N[C@H](C)c2nc3ccccc3[nH]2)s1. The van der Waals surface area contributed by atoms with Gasteiger partial charge in [0.05, 0.1) is 17.1 Å². The summed E-state index contributed by atoms with van der Waals surface area (Å²) in [4.78, 5) is 20.0. The number of para-hydroxylation sites is 2. The van der Waals surface area contributed by atoms with Gasteiger partial charge in [-0.1, -0.05) is 47.7 Å². The third-order valence-corrected chi connectivity index (χ3v) is 5.06. The van der Waals surface area contributed by atoms with E-state index in [9.17, 15) is 4.79 Å². The van der Waals surface area contributed by atoms with Crippen molar-refractivity contribution in [1.82, 2.24) is 25.5 Å². The fourth-order valence-electron chi connectivity index (χ4n) is 2.77. The molecule has 0 radical (unpaired) electrons. The molecule has 8 heteroatoms. The number of amides is 2. The quantitative estimate of drug-likeness (QED) is 0.494. The second-order valence-corrected chi connectivity index (χ2v) is 7.16. The van der Waals surface area contributed by atoms with E-state index < -0.39 is 0 Å². The Morgan fingerprint density at radius 3 is 2.70 bits per heavy atom. The molecule has 0 unspecified atom stereocenters. The summed E-state index contributed by atoms with van der Waals surface area (Å²) in [6.07, 6.45) is 0. The van der Waals surface area contributed by atoms with Crippen LogP contribution in [0.5, 0.6) is 0 Å². The monoisotopic (exact) mass is 378 g/mol. The lowest BCUT2D eigenvalue weighted by Crippen LogP contribution is -2.31. The highest BCUT2D eigenvalue weighted by Crippen LogP contribution is 2.28. The van der Waals surface area contributed by atoms with Crippen LogP contribution >= 0.6 is 11.3 Å². The number of anilines is 1. The fraction of sp³-hybridized carbons (Fsp3) is 0.158. The number of aromatic amines is 1. The van der Waals surface area contributed by atoms with Crippen LogP contribution < -0.4 is 10.6 Å². The highest BCUT2D eigenvalue weighted by molar-refractivity contribution is 7.18. The standard InChI is InChI=1S/C19H18N6OS/c1-11-7-3-4-8-13(11)17-24-25-19(27-17)23-18(26)20-12(2)16-21-14-9-5-6-10-15(14)22-16/h3-10,12H,1-2H3,(H,21,22)(H2,20,23,25,26)/t12-/m1/s1. The van der Waals surface area contributed by atoms with Gasteiger partial charge in [-0.3, -0.25) is 5.32 Å². The highest BCUT2D eigenvalue weighted by Gasteiger charge is 2.15. The molecular formula is C19H18N6OS. The maximum atomic E-state index is 12.3. The molecular weight excluding hydrogens is 360 g/mol. The van der Waals surface area contributed by atoms with E-state index >= 15 is 0 Å². The van der Waals surface area contributed by atoms with E-state index in [1.54, 1.807) is 0 Å². The molecule has 0 aliphatic carbocycles. The molecule has 0 bridgehead atoms. The predicted octanol–water partition coefficient (Wildman–Crippen LogP) is 4.27. The number of benzene rings is 2. The number of carbonyl (C=O) groups excluding carboxylic acids is 1. The minimum absolute atomic E-state index is 0.277. The van der Waals surface area contributed by atoms with Crippen molar-refractivity contribution in [2.45, 2.75) is 19.9 Å². The second-order valence-electron chi connectivity index (χ2n) is 6.19. The lowest BCUT2D eigenvalue weighted by molar-refractivity contribution is 0.249. The van der Waals surface area contributed by atoms with Gasteiger partial charge in [-0.05, 0) is 31.5 Å². The van der Waals surface area contributed by atoms with Gasteiger partial charge >= 0.3 is 6.03 Å². The van der Waals surface area contributed by atoms with E-state index in [2.05, 4.69) is 30.8 Å². The predicted molar refractivity (Wildman–Crippen MR) is 107 cm³/mol. The van der Waals surface area contributed by atoms with Crippen LogP contribution in [0.1, 0.15) is 24.4 Å². The number of carbonyl (C=O) groups is 1. The van der Waals surface area contributed by atoms with E-state index in [1.165, 1.54) is 11.3 Å². The van der Waals surface area contributed by atoms with Gasteiger partial charge in [0, 0.05) is 5.56 Å². The van der Waals surface area contributed by atoms with Crippen molar-refractivity contribution >= 4 is 33.5 Å². The maximum Gasteiger partial charge on any atom is 0.321 e. The summed E-state index contributed by atoms with van der Waals surface area (Å²) >= 11 is 1.34. The van der Waals surface area contributed by atoms with Gasteiger partial charge in [0.2, 0.25) is 5.13 Å². The first-order valence-corrected chi connectivity index (χ1v) is 9.33. The van der Waals surface area contributed by atoms with Crippen molar-refractivity contribution in [2.75, 3.05) is 5.32 Å². The van der Waals surface area contributed by atoms with E-state index in [0.29, 0.717) is 11.0 Å². The number of nitrogens with one attached hydrogen (secondary N) is 3. The van der Waals surface area contributed by atoms with Crippen molar-refractivity contribution in [3.05, 3.63) is 59.9 Å². The normalized spacial score (nSPS) is 12.1. The molecule has 0 spiro atoms. The third kappa shape index (κ3) is 3.65. The van der Waals surface area contributed by atoms with Gasteiger partial charge in [-0.15, -0.1) is 10.2 Å². The molecule has 7 nitrogen and oxygen atoms in total. The van der Waals surface area contributed by atoms with Gasteiger partial charge in [0.1, 0.15) is 10.8 Å². The zero-order valence-electron chi connectivity index (χ0n) is 14.9. The average molecular weight is 378 g/mol. The summed E-state index contributed by atoms with van der Waals surface area (Å²) in [5.41, 5.74) is 3.93. The molecule has 2 amide bonds. The van der Waals surface area contributed by atoms with Crippen LogP contribution in [0.2, 0.25) is 0 Å². The Labute approximate surface area is 159 Å². The maximum absolute atomic E-state index is 12.3. The Morgan fingerprint density at radius 2 is 1.89 bits per heavy atom. The Morgan fingerprint density at radius 1 is 1.11 bits per heavy atom. The third-order valence-electron chi connectivity index (χ3n) is 4.19. The number of hydrogen-bond donors (Lipinski definition) is 3. The van der Waals surface area contributed by atoms with Gasteiger partial charge in [-0.25, -0.2) is 9.78 Å². The number of nitrogens with zero attached hydrogens (tertiary/aromatic N) is 3. The molecule has 2 heterocycles. The first-order valence-electron chi connectivity index (χ1n) is 8.52. The summed E-state index contributed by atoms with van der Waals surface area (Å²) < 4.78 is 0. The molecule has 4 rings (SSSR count). The van der Waals surface area contributed by atoms with Crippen LogP contribution in [-0.2, 0) is 0 Å². The second kappa shape index (κ2) is 7.16. The molecule has 136 valence electrons. The molecule has 0 fully saturated rings. The number of aryl methyl sites for hydroxylation is 1. The molecule has 0 saturated carbocycles. The summed E-state index contributed by atoms with van der Waals surface area (Å²) in [5, 5.41) is 15.1. The molecule has 3 N–H and O–H groups in total. The molecule has 27 heavy (non-hydrogen) atoms. The summed E-state index contributed by atoms with van der Waals surface area (Å²) in [6, 6.07) is 15.1. The molecule has 0 aliphatic heterocycles. The van der Waals surface area contributed by atoms with E-state index in [4.69, 9.17) is 0 Å². The highest BCUT2D eigenvalue weighted by atomic mass is 32.1. The van der Waals surface area contributed by atoms with Crippen LogP contribution in [0, 0.1) is 6.92 Å². The Bertz CT molecular complexity index is 1070. The van der Waals surface area contributed by atoms with Crippen LogP contribution in [0.3, 0.4) is 0 Å². The molecule has 2 aromatic carbocycles. The first-order chi connectivity index (χ1) is 13.1. The Balaban J connectivity index is 1.43. The van der Waals surface area contributed by atoms with E-state index in [-0.39, 0.29) is 12.1 Å². The van der Waals surface area contributed by atoms with Crippen LogP contribution in [0.25, 0.3) is 21.6 Å². The molecule has 1 atom stereocenters. The van der Waals surface area contributed by atoms with Crippen molar-refractivity contribution in [1.29, 1.82) is 0 Å². The summed E-state index contributed by atoms with van der Waals surface area (Å²) in [6.45, 7) is 3.89. The van der Waals surface area contributed by atoms with Crippen molar-refractivity contribution in [3.8, 4) is 10.6 Å². The van der Waals surface area contributed by atoms with Gasteiger partial charge in [0.15, 0.2) is 0 Å². The van der Waals surface area contributed by atoms with Crippen LogP contribution in [0.4, 0.5) is 9.93 Å². The van der Waals surface area contributed by atoms with E-state index in [1.807, 2.05) is 62.4 Å². The molecule has 4 aromatic rings. The molecule has 0 saturated heterocycles. The number of fused-ring (bicyclic) bond motifs is 1. The zero-order valence-corrected chi connectivity index (χ0v) is 15.7. The summed E-state index contributed by atoms with van der Waals surface area (Å²) in [7, 11) is 0. The number of rotatable bonds is 4. The number of hydrogen-bond acceptors (Lipinski definition) is 5. The Kier molecular flexibility index (Phi) is 4.55. The lowest BCUT2D eigenvalue weighted by Gasteiger charge is -2.11. The average Bonchev–Trinajstić information content (AvgIpc) is 3.28. The summed E-state index contributed by atoms with van der Waals surface area (Å²) in [5.74, 6) is 0.698. The van der Waals surface area contributed by atoms with Crippen LogP contribution in [-0.4, -0.2) is 26.2 Å². The van der Waals surface area contributed by atoms with Gasteiger partial charge in [0.25, 0.3) is 0 Å². The minimum Gasteiger partial charge on any atom is -0.340 e. The first kappa shape index (κ1) is 17.2. The largest absolute Gasteiger partial charge is 0.340 e. The minimum atomic E-state index is -0.351. The van der Waals surface area contributed by atoms with Crippen LogP contribution in [0.15, 0.2) is 48.5 Å². The Hall–Kier alpha value is -3.26. The van der Waals surface area contributed by atoms with E-state index in [0.717, 1.165) is 27.2 Å². The smallest absolute Gasteiger partial charge is 0.321 e. The number of urea groups is 1. The topological polar surface area (TPSA) is 95.6 Å². The molecule has 2 aromatic heterocycles. The van der Waals surface area contributed by atoms with Crippen molar-refractivity contribution in [3.63, 3.8) is 0 Å². The van der Waals surface area contributed by atoms with Gasteiger partial charge in [-0.2, -0.15) is 0 Å². The number of aromatic nitrogens is 4. The van der Waals surface area contributed by atoms with Gasteiger partial charge < -0.3 is 10.3 Å². The van der Waals surface area contributed by atoms with Crippen molar-refractivity contribution in [2.24, 2.45) is 0 Å². The number of H-pyrrole nitrogens is 1. The zero-order chi connectivity index (χ0) is 18.8.